The van der Waals surface area contributed by atoms with E-state index in [1.54, 1.807) is 35.3 Å². The molecule has 0 radical (unpaired) electrons. The molecule has 6 heteroatoms. The monoisotopic (exact) mass is 322 g/mol. The zero-order valence-electron chi connectivity index (χ0n) is 10.9. The van der Waals surface area contributed by atoms with Gasteiger partial charge in [-0.15, -0.1) is 0 Å². The van der Waals surface area contributed by atoms with Crippen molar-refractivity contribution in [1.29, 1.82) is 0 Å². The molecule has 0 aliphatic rings. The molecular formula is C13H15BrN4O. The van der Waals surface area contributed by atoms with Gasteiger partial charge >= 0.3 is 0 Å². The lowest BCUT2D eigenvalue weighted by atomic mass is 10.2. The van der Waals surface area contributed by atoms with Gasteiger partial charge in [0.1, 0.15) is 5.69 Å². The SMILES string of the molecule is CCn1nccc1C(=O)/C=C/c1c(Br)cnn1CC. The Morgan fingerprint density at radius 1 is 1.32 bits per heavy atom. The molecule has 0 aliphatic carbocycles. The smallest absolute Gasteiger partial charge is 0.203 e. The Morgan fingerprint density at radius 3 is 2.74 bits per heavy atom. The quantitative estimate of drug-likeness (QED) is 0.628. The van der Waals surface area contributed by atoms with Gasteiger partial charge in [0.05, 0.1) is 16.4 Å². The van der Waals surface area contributed by atoms with Crippen molar-refractivity contribution in [2.75, 3.05) is 0 Å². The van der Waals surface area contributed by atoms with Gasteiger partial charge in [-0.3, -0.25) is 14.2 Å². The van der Waals surface area contributed by atoms with Crippen molar-refractivity contribution in [3.8, 4) is 0 Å². The van der Waals surface area contributed by atoms with Gasteiger partial charge in [-0.1, -0.05) is 0 Å². The number of halogens is 1. The summed E-state index contributed by atoms with van der Waals surface area (Å²) in [5, 5.41) is 8.29. The van der Waals surface area contributed by atoms with E-state index in [0.717, 1.165) is 16.7 Å². The van der Waals surface area contributed by atoms with E-state index in [1.807, 2.05) is 18.5 Å². The van der Waals surface area contributed by atoms with Gasteiger partial charge in [0.25, 0.3) is 0 Å². The summed E-state index contributed by atoms with van der Waals surface area (Å²) in [4.78, 5) is 12.1. The van der Waals surface area contributed by atoms with E-state index in [4.69, 9.17) is 0 Å². The first kappa shape index (κ1) is 13.7. The molecule has 0 saturated heterocycles. The molecule has 0 amide bonds. The standard InChI is InChI=1S/C13H15BrN4O/c1-3-17-11(10(14)9-16-17)5-6-13(19)12-7-8-15-18(12)4-2/h5-9H,3-4H2,1-2H3/b6-5+. The number of ketones is 1. The summed E-state index contributed by atoms with van der Waals surface area (Å²) < 4.78 is 4.38. The Balaban J connectivity index is 2.23. The van der Waals surface area contributed by atoms with Crippen LogP contribution >= 0.6 is 15.9 Å². The maximum Gasteiger partial charge on any atom is 0.203 e. The highest BCUT2D eigenvalue weighted by atomic mass is 79.9. The maximum absolute atomic E-state index is 12.1. The van der Waals surface area contributed by atoms with Gasteiger partial charge in [-0.05, 0) is 48.0 Å². The van der Waals surface area contributed by atoms with E-state index in [2.05, 4.69) is 26.1 Å². The lowest BCUT2D eigenvalue weighted by Crippen LogP contribution is -2.07. The molecule has 0 aromatic carbocycles. The first-order chi connectivity index (χ1) is 9.17. The van der Waals surface area contributed by atoms with Crippen LogP contribution in [0.15, 0.2) is 29.0 Å². The van der Waals surface area contributed by atoms with Crippen molar-refractivity contribution in [1.82, 2.24) is 19.6 Å². The van der Waals surface area contributed by atoms with Gasteiger partial charge in [-0.2, -0.15) is 10.2 Å². The first-order valence-electron chi connectivity index (χ1n) is 6.12. The number of allylic oxidation sites excluding steroid dienone is 1. The Kier molecular flexibility index (Phi) is 4.31. The van der Waals surface area contributed by atoms with Gasteiger partial charge < -0.3 is 0 Å². The van der Waals surface area contributed by atoms with Crippen LogP contribution in [0.4, 0.5) is 0 Å². The molecule has 0 bridgehead atoms. The molecule has 0 atom stereocenters. The molecule has 19 heavy (non-hydrogen) atoms. The van der Waals surface area contributed by atoms with Crippen molar-refractivity contribution < 1.29 is 4.79 Å². The molecule has 0 N–H and O–H groups in total. The highest BCUT2D eigenvalue weighted by Gasteiger charge is 2.09. The molecule has 2 rings (SSSR count). The predicted octanol–water partition coefficient (Wildman–Crippen LogP) is 2.78. The first-order valence-corrected chi connectivity index (χ1v) is 6.92. The van der Waals surface area contributed by atoms with Gasteiger partial charge in [-0.25, -0.2) is 0 Å². The molecule has 0 unspecified atom stereocenters. The Morgan fingerprint density at radius 2 is 2.05 bits per heavy atom. The van der Waals surface area contributed by atoms with Crippen molar-refractivity contribution in [2.24, 2.45) is 0 Å². The van der Waals surface area contributed by atoms with Crippen LogP contribution in [0.5, 0.6) is 0 Å². The predicted molar refractivity (Wildman–Crippen MR) is 76.9 cm³/mol. The minimum Gasteiger partial charge on any atom is -0.288 e. The van der Waals surface area contributed by atoms with Gasteiger partial charge in [0.2, 0.25) is 5.78 Å². The molecule has 2 aromatic rings. The third-order valence-corrected chi connectivity index (χ3v) is 3.40. The third kappa shape index (κ3) is 2.84. The number of aromatic nitrogens is 4. The number of carbonyl (C=O) groups excluding carboxylic acids is 1. The second-order valence-corrected chi connectivity index (χ2v) is 4.78. The summed E-state index contributed by atoms with van der Waals surface area (Å²) in [5.74, 6) is -0.0601. The zero-order chi connectivity index (χ0) is 13.8. The van der Waals surface area contributed by atoms with Crippen molar-refractivity contribution in [2.45, 2.75) is 26.9 Å². The summed E-state index contributed by atoms with van der Waals surface area (Å²) in [6.07, 6.45) is 6.69. The summed E-state index contributed by atoms with van der Waals surface area (Å²) in [5.41, 5.74) is 1.48. The number of carbonyl (C=O) groups is 1. The number of rotatable bonds is 5. The van der Waals surface area contributed by atoms with E-state index in [9.17, 15) is 4.79 Å². The van der Waals surface area contributed by atoms with Crippen LogP contribution in [-0.2, 0) is 13.1 Å². The summed E-state index contributed by atoms with van der Waals surface area (Å²) in [6.45, 7) is 5.39. The fourth-order valence-corrected chi connectivity index (χ4v) is 2.25. The summed E-state index contributed by atoms with van der Waals surface area (Å²) in [6, 6.07) is 1.72. The van der Waals surface area contributed by atoms with Crippen LogP contribution in [0.1, 0.15) is 30.0 Å². The molecular weight excluding hydrogens is 308 g/mol. The van der Waals surface area contributed by atoms with Gasteiger partial charge in [0.15, 0.2) is 0 Å². The highest BCUT2D eigenvalue weighted by molar-refractivity contribution is 9.10. The summed E-state index contributed by atoms with van der Waals surface area (Å²) >= 11 is 3.42. The minimum atomic E-state index is -0.0601. The van der Waals surface area contributed by atoms with Gasteiger partial charge in [0, 0.05) is 19.3 Å². The third-order valence-electron chi connectivity index (χ3n) is 2.79. The van der Waals surface area contributed by atoms with Crippen LogP contribution in [0, 0.1) is 0 Å². The maximum atomic E-state index is 12.1. The Hall–Kier alpha value is -1.69. The van der Waals surface area contributed by atoms with E-state index in [-0.39, 0.29) is 5.78 Å². The lowest BCUT2D eigenvalue weighted by Gasteiger charge is -2.01. The van der Waals surface area contributed by atoms with Crippen LogP contribution in [-0.4, -0.2) is 25.3 Å². The molecule has 100 valence electrons. The molecule has 2 heterocycles. The second-order valence-electron chi connectivity index (χ2n) is 3.92. The average Bonchev–Trinajstić information content (AvgIpc) is 3.02. The molecule has 0 saturated carbocycles. The van der Waals surface area contributed by atoms with Crippen LogP contribution in [0.25, 0.3) is 6.08 Å². The second kappa shape index (κ2) is 5.97. The molecule has 0 spiro atoms. The highest BCUT2D eigenvalue weighted by Crippen LogP contribution is 2.17. The van der Waals surface area contributed by atoms with Crippen molar-refractivity contribution in [3.05, 3.63) is 40.4 Å². The molecule has 0 aliphatic heterocycles. The minimum absolute atomic E-state index is 0.0601. The number of hydrogen-bond acceptors (Lipinski definition) is 3. The molecule has 2 aromatic heterocycles. The zero-order valence-corrected chi connectivity index (χ0v) is 12.5. The Bertz CT molecular complexity index is 612. The van der Waals surface area contributed by atoms with E-state index < -0.39 is 0 Å². The number of aryl methyl sites for hydroxylation is 2. The van der Waals surface area contributed by atoms with E-state index >= 15 is 0 Å². The number of nitrogens with zero attached hydrogens (tertiary/aromatic N) is 4. The average molecular weight is 323 g/mol. The van der Waals surface area contributed by atoms with Crippen LogP contribution in [0.2, 0.25) is 0 Å². The largest absolute Gasteiger partial charge is 0.288 e. The van der Waals surface area contributed by atoms with E-state index in [1.165, 1.54) is 0 Å². The topological polar surface area (TPSA) is 52.7 Å². The lowest BCUT2D eigenvalue weighted by molar-refractivity contribution is 0.103. The van der Waals surface area contributed by atoms with Crippen molar-refractivity contribution >= 4 is 27.8 Å². The fraction of sp³-hybridized carbons (Fsp3) is 0.308. The summed E-state index contributed by atoms with van der Waals surface area (Å²) in [7, 11) is 0. The van der Waals surface area contributed by atoms with Crippen LogP contribution in [0.3, 0.4) is 0 Å². The molecule has 5 nitrogen and oxygen atoms in total. The van der Waals surface area contributed by atoms with E-state index in [0.29, 0.717) is 12.2 Å². The molecule has 0 fully saturated rings. The normalized spacial score (nSPS) is 11.3. The Labute approximate surface area is 120 Å². The van der Waals surface area contributed by atoms with Crippen LogP contribution < -0.4 is 0 Å². The fourth-order valence-electron chi connectivity index (χ4n) is 1.82. The van der Waals surface area contributed by atoms with Crippen molar-refractivity contribution in [3.63, 3.8) is 0 Å². The number of hydrogen-bond donors (Lipinski definition) is 0.